The third-order valence-electron chi connectivity index (χ3n) is 3.18. The van der Waals surface area contributed by atoms with Crippen molar-refractivity contribution in [2.75, 3.05) is 26.0 Å². The summed E-state index contributed by atoms with van der Waals surface area (Å²) in [7, 11) is 1.62. The third-order valence-corrected chi connectivity index (χ3v) is 4.27. The molecular weight excluding hydrogens is 280 g/mol. The maximum absolute atomic E-state index is 12.0. The minimum Gasteiger partial charge on any atom is -0.396 e. The summed E-state index contributed by atoms with van der Waals surface area (Å²) in [5.41, 5.74) is 0. The van der Waals surface area contributed by atoms with Gasteiger partial charge in [-0.25, -0.2) is 9.79 Å². The van der Waals surface area contributed by atoms with Crippen molar-refractivity contribution in [2.45, 2.75) is 18.6 Å². The van der Waals surface area contributed by atoms with E-state index < -0.39 is 18.2 Å². The number of hydrogen-bond donors (Lipinski definition) is 2. The predicted molar refractivity (Wildman–Crippen MR) is 77.4 cm³/mol. The summed E-state index contributed by atoms with van der Waals surface area (Å²) >= 11 is 1.48. The largest absolute Gasteiger partial charge is 0.396 e. The Morgan fingerprint density at radius 1 is 1.55 bits per heavy atom. The van der Waals surface area contributed by atoms with Crippen LogP contribution in [0.4, 0.5) is 4.79 Å². The highest BCUT2D eigenvalue weighted by atomic mass is 32.2. The van der Waals surface area contributed by atoms with Crippen molar-refractivity contribution < 1.29 is 14.7 Å². The van der Waals surface area contributed by atoms with Crippen LogP contribution in [0.15, 0.2) is 17.6 Å². The van der Waals surface area contributed by atoms with Crippen molar-refractivity contribution in [3.63, 3.8) is 0 Å². The van der Waals surface area contributed by atoms with Crippen LogP contribution in [0.3, 0.4) is 0 Å². The highest BCUT2D eigenvalue weighted by Crippen LogP contribution is 2.28. The van der Waals surface area contributed by atoms with Gasteiger partial charge < -0.3 is 14.9 Å². The van der Waals surface area contributed by atoms with Crippen LogP contribution in [-0.4, -0.2) is 70.2 Å². The summed E-state index contributed by atoms with van der Waals surface area (Å²) in [6.45, 7) is 4.30. The molecule has 0 radical (unpaired) electrons. The number of aliphatic hydroxyl groups excluding tert-OH is 1. The summed E-state index contributed by atoms with van der Waals surface area (Å²) in [4.78, 5) is 31.4. The number of nitrogens with one attached hydrogen (secondary N) is 1. The van der Waals surface area contributed by atoms with Gasteiger partial charge in [-0.15, -0.1) is 6.58 Å². The fourth-order valence-electron chi connectivity index (χ4n) is 2.18. The molecule has 2 N–H and O–H groups in total. The number of aliphatic hydroxyl groups is 1. The minimum absolute atomic E-state index is 0.119. The van der Waals surface area contributed by atoms with Crippen LogP contribution in [0.25, 0.3) is 0 Å². The van der Waals surface area contributed by atoms with Crippen LogP contribution < -0.4 is 5.32 Å². The van der Waals surface area contributed by atoms with Crippen LogP contribution in [0.5, 0.6) is 0 Å². The van der Waals surface area contributed by atoms with Gasteiger partial charge in [-0.05, 0) is 6.42 Å². The van der Waals surface area contributed by atoms with E-state index in [-0.39, 0.29) is 12.5 Å². The molecule has 2 atom stereocenters. The Morgan fingerprint density at radius 3 is 2.95 bits per heavy atom. The number of amidine groups is 1. The predicted octanol–water partition coefficient (Wildman–Crippen LogP) is -0.164. The lowest BCUT2D eigenvalue weighted by atomic mass is 10.1. The zero-order valence-electron chi connectivity index (χ0n) is 11.3. The molecule has 110 valence electrons. The lowest BCUT2D eigenvalue weighted by Crippen LogP contribution is -2.63. The molecule has 1 saturated heterocycles. The molecule has 0 aliphatic carbocycles. The lowest BCUT2D eigenvalue weighted by Gasteiger charge is -2.35. The molecule has 7 nitrogen and oxygen atoms in total. The monoisotopic (exact) mass is 298 g/mol. The molecule has 0 aromatic rings. The number of carbonyl (C=O) groups excluding carboxylic acids is 2. The van der Waals surface area contributed by atoms with Crippen molar-refractivity contribution in [3.05, 3.63) is 12.7 Å². The molecule has 20 heavy (non-hydrogen) atoms. The number of hydrogen-bond acceptors (Lipinski definition) is 6. The standard InChI is InChI=1S/C12H18N4O3S/c1-3-5-16-8-9(13-12(16)20-7-4-6-17)15(2)11(19)14-10(8)18/h3,8-9,17H,1,4-7H2,2H3,(H,14,18,19). The molecule has 0 aromatic carbocycles. The van der Waals surface area contributed by atoms with E-state index in [1.165, 1.54) is 16.7 Å². The number of amides is 3. The van der Waals surface area contributed by atoms with E-state index in [0.717, 1.165) is 0 Å². The molecule has 8 heteroatoms. The topological polar surface area (TPSA) is 85.2 Å². The van der Waals surface area contributed by atoms with Crippen LogP contribution in [0, 0.1) is 0 Å². The average Bonchev–Trinajstić information content (AvgIpc) is 2.77. The van der Waals surface area contributed by atoms with E-state index in [2.05, 4.69) is 16.9 Å². The summed E-state index contributed by atoms with van der Waals surface area (Å²) < 4.78 is 0. The van der Waals surface area contributed by atoms with Gasteiger partial charge in [-0.1, -0.05) is 17.8 Å². The number of urea groups is 1. The second kappa shape index (κ2) is 6.27. The second-order valence-electron chi connectivity index (χ2n) is 4.54. The first-order chi connectivity index (χ1) is 9.60. The molecule has 0 spiro atoms. The number of carbonyl (C=O) groups is 2. The maximum atomic E-state index is 12.0. The molecule has 0 bridgehead atoms. The number of aliphatic imine (C=N–C) groups is 1. The molecule has 0 saturated carbocycles. The molecule has 2 aliphatic rings. The van der Waals surface area contributed by atoms with Gasteiger partial charge >= 0.3 is 6.03 Å². The van der Waals surface area contributed by atoms with Gasteiger partial charge in [0.05, 0.1) is 0 Å². The quantitative estimate of drug-likeness (QED) is 0.544. The van der Waals surface area contributed by atoms with Gasteiger partial charge in [-0.3, -0.25) is 10.1 Å². The average molecular weight is 298 g/mol. The van der Waals surface area contributed by atoms with Crippen molar-refractivity contribution in [1.29, 1.82) is 0 Å². The molecule has 2 rings (SSSR count). The first kappa shape index (κ1) is 14.9. The highest BCUT2D eigenvalue weighted by molar-refractivity contribution is 8.13. The molecule has 2 unspecified atom stereocenters. The molecular formula is C12H18N4O3S. The number of nitrogens with zero attached hydrogens (tertiary/aromatic N) is 3. The Labute approximate surface area is 121 Å². The van der Waals surface area contributed by atoms with Gasteiger partial charge in [0.25, 0.3) is 5.91 Å². The van der Waals surface area contributed by atoms with Gasteiger partial charge in [0, 0.05) is 26.0 Å². The zero-order valence-corrected chi connectivity index (χ0v) is 12.1. The Kier molecular flexibility index (Phi) is 4.66. The lowest BCUT2D eigenvalue weighted by molar-refractivity contribution is -0.126. The minimum atomic E-state index is -0.507. The fourth-order valence-corrected chi connectivity index (χ4v) is 3.17. The number of imide groups is 1. The molecule has 3 amide bonds. The van der Waals surface area contributed by atoms with Gasteiger partial charge in [0.1, 0.15) is 0 Å². The van der Waals surface area contributed by atoms with Gasteiger partial charge in [0.2, 0.25) is 0 Å². The van der Waals surface area contributed by atoms with Crippen LogP contribution in [0.1, 0.15) is 6.42 Å². The number of fused-ring (bicyclic) bond motifs is 1. The maximum Gasteiger partial charge on any atom is 0.325 e. The molecule has 0 aromatic heterocycles. The third kappa shape index (κ3) is 2.66. The zero-order chi connectivity index (χ0) is 14.7. The highest BCUT2D eigenvalue weighted by Gasteiger charge is 2.48. The van der Waals surface area contributed by atoms with E-state index in [1.54, 1.807) is 13.1 Å². The Balaban J connectivity index is 2.19. The fraction of sp³-hybridized carbons (Fsp3) is 0.583. The van der Waals surface area contributed by atoms with Crippen molar-refractivity contribution in [3.8, 4) is 0 Å². The van der Waals surface area contributed by atoms with Crippen LogP contribution >= 0.6 is 11.8 Å². The summed E-state index contributed by atoms with van der Waals surface area (Å²) in [6, 6.07) is -0.938. The van der Waals surface area contributed by atoms with Crippen molar-refractivity contribution in [2.24, 2.45) is 4.99 Å². The molecule has 1 fully saturated rings. The SMILES string of the molecule is C=CCN1C(SCCCO)=NC2C1C(=O)NC(=O)N2C. The van der Waals surface area contributed by atoms with E-state index in [1.807, 2.05) is 4.90 Å². The van der Waals surface area contributed by atoms with Crippen molar-refractivity contribution in [1.82, 2.24) is 15.1 Å². The molecule has 2 heterocycles. The second-order valence-corrected chi connectivity index (χ2v) is 5.60. The number of likely N-dealkylation sites (N-methyl/N-ethyl adjacent to an activating group) is 1. The van der Waals surface area contributed by atoms with Crippen LogP contribution in [-0.2, 0) is 4.79 Å². The Bertz CT molecular complexity index is 454. The normalized spacial score (nSPS) is 25.4. The molecule has 2 aliphatic heterocycles. The van der Waals surface area contributed by atoms with E-state index in [9.17, 15) is 9.59 Å². The summed E-state index contributed by atoms with van der Waals surface area (Å²) in [5, 5.41) is 11.9. The van der Waals surface area contributed by atoms with Gasteiger partial charge in [-0.2, -0.15) is 0 Å². The van der Waals surface area contributed by atoms with E-state index >= 15 is 0 Å². The van der Waals surface area contributed by atoms with E-state index in [4.69, 9.17) is 5.11 Å². The van der Waals surface area contributed by atoms with Gasteiger partial charge in [0.15, 0.2) is 17.4 Å². The first-order valence-electron chi connectivity index (χ1n) is 6.36. The van der Waals surface area contributed by atoms with Crippen LogP contribution in [0.2, 0.25) is 0 Å². The summed E-state index contributed by atoms with van der Waals surface area (Å²) in [5.74, 6) is 0.378. The smallest absolute Gasteiger partial charge is 0.325 e. The Morgan fingerprint density at radius 2 is 2.30 bits per heavy atom. The summed E-state index contributed by atoms with van der Waals surface area (Å²) in [6.07, 6.45) is 1.86. The number of thioether (sulfide) groups is 1. The van der Waals surface area contributed by atoms with Crippen molar-refractivity contribution >= 4 is 28.9 Å². The Hall–Kier alpha value is -1.54. The number of rotatable bonds is 5. The van der Waals surface area contributed by atoms with E-state index in [0.29, 0.717) is 23.9 Å². The first-order valence-corrected chi connectivity index (χ1v) is 7.35.